The van der Waals surface area contributed by atoms with Crippen molar-refractivity contribution in [1.82, 2.24) is 0 Å². The van der Waals surface area contributed by atoms with Crippen LogP contribution >= 0.6 is 0 Å². The van der Waals surface area contributed by atoms with Gasteiger partial charge in [-0.2, -0.15) is 4.50 Å². The van der Waals surface area contributed by atoms with Crippen LogP contribution in [0.1, 0.15) is 46.5 Å². The van der Waals surface area contributed by atoms with Gasteiger partial charge >= 0.3 is 7.25 Å². The molecule has 124 valence electrons. The van der Waals surface area contributed by atoms with Crippen LogP contribution in [0.4, 0.5) is 0 Å². The molecule has 0 radical (unpaired) electrons. The summed E-state index contributed by atoms with van der Waals surface area (Å²) in [5, 5.41) is 24.0. The van der Waals surface area contributed by atoms with Crippen molar-refractivity contribution in [3.05, 3.63) is 12.3 Å². The second-order valence-electron chi connectivity index (χ2n) is 8.05. The van der Waals surface area contributed by atoms with Gasteiger partial charge in [0.25, 0.3) is 0 Å². The van der Waals surface area contributed by atoms with Crippen LogP contribution < -0.4 is 0 Å². The number of allylic oxidation sites excluding steroid dienone is 1. The highest BCUT2D eigenvalue weighted by molar-refractivity contribution is 6.74. The van der Waals surface area contributed by atoms with Gasteiger partial charge in [0.05, 0.1) is 6.21 Å². The molecule has 1 aliphatic heterocycles. The van der Waals surface area contributed by atoms with Gasteiger partial charge in [0, 0.05) is 25.0 Å². The lowest BCUT2D eigenvalue weighted by molar-refractivity contribution is -0.823. The lowest BCUT2D eigenvalue weighted by atomic mass is 9.87. The molecule has 5 nitrogen and oxygen atoms in total. The van der Waals surface area contributed by atoms with Crippen molar-refractivity contribution in [2.75, 3.05) is 0 Å². The normalized spacial score (nSPS) is 32.5. The predicted molar refractivity (Wildman–Crippen MR) is 92.4 cm³/mol. The summed E-state index contributed by atoms with van der Waals surface area (Å²) >= 11 is 0. The van der Waals surface area contributed by atoms with E-state index in [2.05, 4.69) is 39.0 Å². The Kier molecular flexibility index (Phi) is 5.04. The molecule has 7 heteroatoms. The second-order valence-corrected chi connectivity index (χ2v) is 12.8. The van der Waals surface area contributed by atoms with Crippen LogP contribution in [0.2, 0.25) is 18.1 Å². The summed E-state index contributed by atoms with van der Waals surface area (Å²) in [7, 11) is -3.22. The fraction of sp³-hybridized carbons (Fsp3) is 0.800. The molecule has 1 heterocycles. The smallest absolute Gasteiger partial charge is 0.414 e. The average molecular weight is 325 g/mol. The average Bonchev–Trinajstić information content (AvgIpc) is 2.88. The van der Waals surface area contributed by atoms with Gasteiger partial charge in [-0.05, 0) is 31.0 Å². The molecule has 0 bridgehead atoms. The minimum absolute atomic E-state index is 0.0905. The number of rotatable bonds is 4. The molecule has 1 aliphatic carbocycles. The minimum Gasteiger partial charge on any atom is -0.414 e. The summed E-state index contributed by atoms with van der Waals surface area (Å²) in [6.07, 6.45) is 9.25. The van der Waals surface area contributed by atoms with Gasteiger partial charge in [0.15, 0.2) is 8.32 Å². The summed E-state index contributed by atoms with van der Waals surface area (Å²) < 4.78 is 6.41. The quantitative estimate of drug-likeness (QED) is 0.781. The molecule has 2 aliphatic rings. The molecule has 2 rings (SSSR count). The van der Waals surface area contributed by atoms with Gasteiger partial charge in [0.2, 0.25) is 0 Å². The Morgan fingerprint density at radius 1 is 1.18 bits per heavy atom. The van der Waals surface area contributed by atoms with Crippen LogP contribution in [-0.4, -0.2) is 48.5 Å². The molecule has 0 aromatic heterocycles. The van der Waals surface area contributed by atoms with Crippen LogP contribution in [0.25, 0.3) is 0 Å². The first-order valence-electron chi connectivity index (χ1n) is 8.24. The van der Waals surface area contributed by atoms with Crippen molar-refractivity contribution in [2.24, 2.45) is 5.10 Å². The first-order valence-corrected chi connectivity index (χ1v) is 11.1. The Bertz CT molecular complexity index is 440. The molecule has 1 atom stereocenters. The zero-order valence-electron chi connectivity index (χ0n) is 14.5. The van der Waals surface area contributed by atoms with Crippen molar-refractivity contribution in [1.29, 1.82) is 0 Å². The molecule has 2 N–H and O–H groups in total. The largest absolute Gasteiger partial charge is 0.787 e. The van der Waals surface area contributed by atoms with Gasteiger partial charge < -0.3 is 14.5 Å². The highest BCUT2D eigenvalue weighted by Gasteiger charge is 2.51. The Morgan fingerprint density at radius 3 is 2.18 bits per heavy atom. The van der Waals surface area contributed by atoms with Crippen molar-refractivity contribution >= 4 is 21.8 Å². The maximum atomic E-state index is 9.75. The summed E-state index contributed by atoms with van der Waals surface area (Å²) in [4.78, 5) is 0. The van der Waals surface area contributed by atoms with Crippen LogP contribution in [0, 0.1) is 0 Å². The molecule has 1 saturated carbocycles. The highest BCUT2D eigenvalue weighted by Crippen LogP contribution is 2.40. The van der Waals surface area contributed by atoms with Gasteiger partial charge in [-0.3, -0.25) is 0 Å². The molecule has 0 aromatic rings. The molecule has 0 aromatic carbocycles. The Labute approximate surface area is 135 Å². The van der Waals surface area contributed by atoms with E-state index in [-0.39, 0.29) is 15.6 Å². The second kappa shape index (κ2) is 6.20. The lowest BCUT2D eigenvalue weighted by Gasteiger charge is -2.43. The molecule has 1 unspecified atom stereocenters. The summed E-state index contributed by atoms with van der Waals surface area (Å²) in [6.45, 7) is 11.4. The summed E-state index contributed by atoms with van der Waals surface area (Å²) in [5.41, 5.74) is 0. The third kappa shape index (κ3) is 3.38. The first-order chi connectivity index (χ1) is 10.1. The number of quaternary nitrogens is 1. The first kappa shape index (κ1) is 17.9. The summed E-state index contributed by atoms with van der Waals surface area (Å²) in [5.74, 6) is 0. The van der Waals surface area contributed by atoms with Gasteiger partial charge in [-0.25, -0.2) is 0 Å². The van der Waals surface area contributed by atoms with Crippen LogP contribution in [0.5, 0.6) is 0 Å². The van der Waals surface area contributed by atoms with Crippen LogP contribution in [0.15, 0.2) is 17.4 Å². The Balaban J connectivity index is 1.97. The SMILES string of the molecule is CC(C)(C)[Si](C)(C)O[C@H]1CC[C@H]([N+]2(B(O)O)C=CC=N2)CC1. The Hall–Kier alpha value is -0.468. The van der Waals surface area contributed by atoms with Gasteiger partial charge in [-0.15, -0.1) is 5.10 Å². The van der Waals surface area contributed by atoms with E-state index >= 15 is 0 Å². The van der Waals surface area contributed by atoms with E-state index in [0.717, 1.165) is 25.7 Å². The number of hydrogen-bond acceptors (Lipinski definition) is 4. The predicted octanol–water partition coefficient (Wildman–Crippen LogP) is 2.62. The molecule has 0 amide bonds. The van der Waals surface area contributed by atoms with E-state index in [0.29, 0.717) is 6.10 Å². The molecular weight excluding hydrogens is 295 g/mol. The topological polar surface area (TPSA) is 62.0 Å². The van der Waals surface area contributed by atoms with Crippen LogP contribution in [0.3, 0.4) is 0 Å². The zero-order valence-corrected chi connectivity index (χ0v) is 15.5. The standard InChI is InChI=1S/C15H30BN2O3Si/c1-15(2,3)22(4,5)21-14-9-7-13(8-10-14)18(16(19)20)12-6-11-17-18/h6,11-14,19-20H,7-10H2,1-5H3/q+1/t13-,14-,18?. The van der Waals surface area contributed by atoms with E-state index in [9.17, 15) is 10.0 Å². The molecule has 0 spiro atoms. The van der Waals surface area contributed by atoms with E-state index in [1.54, 1.807) is 18.5 Å². The zero-order chi connectivity index (χ0) is 16.6. The number of hydrogen-bond donors (Lipinski definition) is 2. The highest BCUT2D eigenvalue weighted by atomic mass is 28.4. The van der Waals surface area contributed by atoms with E-state index < -0.39 is 15.6 Å². The fourth-order valence-corrected chi connectivity index (χ4v) is 4.50. The number of nitrogens with zero attached hydrogens (tertiary/aromatic N) is 2. The van der Waals surface area contributed by atoms with Crippen molar-refractivity contribution in [3.8, 4) is 0 Å². The third-order valence-electron chi connectivity index (χ3n) is 5.54. The summed E-state index contributed by atoms with van der Waals surface area (Å²) in [6, 6.07) is 0.120. The third-order valence-corrected chi connectivity index (χ3v) is 10.1. The lowest BCUT2D eigenvalue weighted by Crippen LogP contribution is -2.58. The van der Waals surface area contributed by atoms with Crippen molar-refractivity contribution in [2.45, 2.75) is 76.7 Å². The Morgan fingerprint density at radius 2 is 1.77 bits per heavy atom. The minimum atomic E-state index is -1.73. The van der Waals surface area contributed by atoms with E-state index in [4.69, 9.17) is 4.43 Å². The maximum absolute atomic E-state index is 9.75. The van der Waals surface area contributed by atoms with Gasteiger partial charge in [0.1, 0.15) is 12.2 Å². The molecule has 1 fully saturated rings. The van der Waals surface area contributed by atoms with Crippen LogP contribution in [-0.2, 0) is 4.43 Å². The maximum Gasteiger partial charge on any atom is 0.787 e. The molecule has 0 saturated heterocycles. The van der Waals surface area contributed by atoms with Crippen molar-refractivity contribution < 1.29 is 19.0 Å². The van der Waals surface area contributed by atoms with Crippen molar-refractivity contribution in [3.63, 3.8) is 0 Å². The fourth-order valence-electron chi connectivity index (χ4n) is 3.08. The van der Waals surface area contributed by atoms with Gasteiger partial charge in [-0.1, -0.05) is 20.8 Å². The molecule has 22 heavy (non-hydrogen) atoms. The monoisotopic (exact) mass is 325 g/mol. The van der Waals surface area contributed by atoms with E-state index in [1.165, 1.54) is 0 Å². The molecular formula is C15H30BN2O3Si+. The van der Waals surface area contributed by atoms with E-state index in [1.807, 2.05) is 0 Å².